The van der Waals surface area contributed by atoms with Crippen LogP contribution < -0.4 is 21.7 Å². The van der Waals surface area contributed by atoms with Gasteiger partial charge < -0.3 is 26.6 Å². The van der Waals surface area contributed by atoms with Crippen molar-refractivity contribution in [3.63, 3.8) is 0 Å². The summed E-state index contributed by atoms with van der Waals surface area (Å²) in [6, 6.07) is -4.89. The van der Waals surface area contributed by atoms with Crippen molar-refractivity contribution >= 4 is 39.4 Å². The van der Waals surface area contributed by atoms with Gasteiger partial charge in [0, 0.05) is 13.0 Å². The number of amides is 5. The Morgan fingerprint density at radius 2 is 1.60 bits per heavy atom. The van der Waals surface area contributed by atoms with Crippen molar-refractivity contribution in [2.75, 3.05) is 12.3 Å². The summed E-state index contributed by atoms with van der Waals surface area (Å²) in [6.07, 6.45) is -2.66. The number of fused-ring (bicyclic) bond motifs is 1. The van der Waals surface area contributed by atoms with E-state index in [1.54, 1.807) is 20.8 Å². The van der Waals surface area contributed by atoms with E-state index in [1.165, 1.54) is 4.90 Å². The number of sulfone groups is 1. The van der Waals surface area contributed by atoms with Gasteiger partial charge in [-0.15, -0.1) is 0 Å². The van der Waals surface area contributed by atoms with E-state index in [4.69, 9.17) is 5.73 Å². The molecule has 0 bridgehead atoms. The average molecular weight is 692 g/mol. The molecule has 266 valence electrons. The fraction of sp³-hybridized carbons (Fsp3) is 0.839. The molecule has 2 aliphatic carbocycles. The summed E-state index contributed by atoms with van der Waals surface area (Å²) < 4.78 is 64.9. The number of hydrogen-bond acceptors (Lipinski definition) is 7. The van der Waals surface area contributed by atoms with Crippen molar-refractivity contribution in [3.8, 4) is 0 Å². The summed E-state index contributed by atoms with van der Waals surface area (Å²) in [5, 5.41) is 7.28. The zero-order chi connectivity index (χ0) is 35.3. The number of nitrogens with two attached hydrogens (primary N) is 1. The fourth-order valence-electron chi connectivity index (χ4n) is 8.15. The molecule has 4 fully saturated rings. The third kappa shape index (κ3) is 7.72. The first-order valence-electron chi connectivity index (χ1n) is 16.3. The van der Waals surface area contributed by atoms with E-state index in [0.29, 0.717) is 25.7 Å². The number of primary amides is 1. The van der Waals surface area contributed by atoms with Gasteiger partial charge in [0.2, 0.25) is 17.6 Å². The molecule has 5 N–H and O–H groups in total. The lowest BCUT2D eigenvalue weighted by atomic mass is 9.78. The number of ketones is 1. The molecule has 6 atom stereocenters. The van der Waals surface area contributed by atoms with Crippen molar-refractivity contribution in [1.82, 2.24) is 20.9 Å². The van der Waals surface area contributed by atoms with Crippen LogP contribution >= 0.6 is 0 Å². The molecule has 0 spiro atoms. The molecule has 16 heteroatoms. The molecule has 12 nitrogen and oxygen atoms in total. The highest BCUT2D eigenvalue weighted by Gasteiger charge is 2.70. The summed E-state index contributed by atoms with van der Waals surface area (Å²) in [7, 11) is -3.42. The van der Waals surface area contributed by atoms with Gasteiger partial charge in [-0.1, -0.05) is 53.9 Å². The number of likely N-dealkylation sites (tertiary alicyclic amines) is 1. The Morgan fingerprint density at radius 3 is 2.11 bits per heavy atom. The maximum atomic E-state index is 14.3. The van der Waals surface area contributed by atoms with Crippen molar-refractivity contribution in [2.24, 2.45) is 28.4 Å². The predicted octanol–water partition coefficient (Wildman–Crippen LogP) is 2.35. The minimum atomic E-state index is -4.66. The van der Waals surface area contributed by atoms with Crippen LogP contribution in [0.2, 0.25) is 0 Å². The predicted molar refractivity (Wildman–Crippen MR) is 165 cm³/mol. The van der Waals surface area contributed by atoms with Crippen LogP contribution in [-0.2, 0) is 29.0 Å². The van der Waals surface area contributed by atoms with E-state index in [0.717, 1.165) is 19.3 Å². The van der Waals surface area contributed by atoms with E-state index >= 15 is 0 Å². The normalized spacial score (nSPS) is 28.8. The van der Waals surface area contributed by atoms with Gasteiger partial charge in [-0.2, -0.15) is 13.2 Å². The Hall–Kier alpha value is -2.91. The van der Waals surface area contributed by atoms with Gasteiger partial charge in [0.05, 0.1) is 22.6 Å². The molecular formula is C31H48F3N5O7S. The number of carbonyl (C=O) groups is 5. The lowest BCUT2D eigenvalue weighted by Crippen LogP contribution is -2.65. The first-order valence-corrected chi connectivity index (χ1v) is 18.0. The summed E-state index contributed by atoms with van der Waals surface area (Å²) in [4.78, 5) is 66.9. The van der Waals surface area contributed by atoms with Crippen LogP contribution in [0.4, 0.5) is 18.0 Å². The Kier molecular flexibility index (Phi) is 10.1. The molecule has 0 aromatic heterocycles. The highest BCUT2D eigenvalue weighted by Crippen LogP contribution is 2.65. The lowest BCUT2D eigenvalue weighted by molar-refractivity contribution is -0.147. The van der Waals surface area contributed by atoms with Gasteiger partial charge in [-0.05, 0) is 54.8 Å². The fourth-order valence-corrected chi connectivity index (χ4v) is 10.5. The largest absolute Gasteiger partial charge is 0.389 e. The molecule has 2 saturated heterocycles. The standard InChI is InChI=1S/C31H48F3N5O7S/c1-28(2,3)23(37-27(44)38-30(12-7-6-8-13-30)19-10-9-15-47(19,45)46)26(43)39-16-17-20(29(17,4)5)21(39)25(42)36-18(22(40)24(35)41)11-14-31(32,33)34/h17-21,23H,6-16H2,1-5H3,(H2,35,41)(H,36,42)(H2,37,38,44)/t17?,18?,19?,20?,21-,23+/m0/s1. The van der Waals surface area contributed by atoms with Crippen LogP contribution in [-0.4, -0.2) is 90.2 Å². The van der Waals surface area contributed by atoms with E-state index in [2.05, 4.69) is 16.0 Å². The number of carbonyl (C=O) groups excluding carboxylic acids is 5. The minimum Gasteiger partial charge on any atom is -0.363 e. The van der Waals surface area contributed by atoms with Crippen LogP contribution in [0.5, 0.6) is 0 Å². The Morgan fingerprint density at radius 1 is 0.979 bits per heavy atom. The molecule has 2 heterocycles. The van der Waals surface area contributed by atoms with E-state index < -0.39 is 98.1 Å². The summed E-state index contributed by atoms with van der Waals surface area (Å²) in [6.45, 7) is 9.10. The van der Waals surface area contributed by atoms with Crippen LogP contribution in [0.15, 0.2) is 0 Å². The smallest absolute Gasteiger partial charge is 0.363 e. The van der Waals surface area contributed by atoms with Crippen molar-refractivity contribution < 1.29 is 45.6 Å². The monoisotopic (exact) mass is 691 g/mol. The molecule has 0 aromatic rings. The van der Waals surface area contributed by atoms with Crippen molar-refractivity contribution in [3.05, 3.63) is 0 Å². The van der Waals surface area contributed by atoms with E-state index in [-0.39, 0.29) is 24.1 Å². The number of nitrogens with one attached hydrogen (secondary N) is 3. The molecule has 47 heavy (non-hydrogen) atoms. The zero-order valence-corrected chi connectivity index (χ0v) is 28.5. The lowest BCUT2D eigenvalue weighted by Gasteiger charge is -2.43. The van der Waals surface area contributed by atoms with Crippen LogP contribution in [0.1, 0.15) is 92.4 Å². The number of halogens is 3. The molecule has 2 saturated carbocycles. The molecule has 4 rings (SSSR count). The highest BCUT2D eigenvalue weighted by atomic mass is 32.2. The van der Waals surface area contributed by atoms with E-state index in [9.17, 15) is 45.6 Å². The summed E-state index contributed by atoms with van der Waals surface area (Å²) in [5.74, 6) is -4.81. The van der Waals surface area contributed by atoms with Crippen molar-refractivity contribution in [2.45, 2.75) is 127 Å². The number of hydrogen-bond donors (Lipinski definition) is 4. The second-order valence-electron chi connectivity index (χ2n) is 15.4. The average Bonchev–Trinajstić information content (AvgIpc) is 3.27. The molecule has 0 aromatic carbocycles. The molecule has 4 unspecified atom stereocenters. The van der Waals surface area contributed by atoms with Gasteiger partial charge in [0.25, 0.3) is 5.91 Å². The first kappa shape index (κ1) is 36.9. The third-order valence-corrected chi connectivity index (χ3v) is 13.2. The van der Waals surface area contributed by atoms with E-state index in [1.807, 2.05) is 13.8 Å². The number of nitrogens with zero attached hydrogens (tertiary/aromatic N) is 1. The molecule has 5 amide bonds. The van der Waals surface area contributed by atoms with Gasteiger partial charge in [-0.3, -0.25) is 19.2 Å². The Bertz CT molecular complexity index is 1390. The number of piperidine rings is 1. The second-order valence-corrected chi connectivity index (χ2v) is 17.7. The van der Waals surface area contributed by atoms with Crippen LogP contribution in [0.25, 0.3) is 0 Å². The van der Waals surface area contributed by atoms with Crippen molar-refractivity contribution in [1.29, 1.82) is 0 Å². The summed E-state index contributed by atoms with van der Waals surface area (Å²) >= 11 is 0. The summed E-state index contributed by atoms with van der Waals surface area (Å²) in [5.41, 5.74) is 2.82. The Balaban J connectivity index is 1.57. The quantitative estimate of drug-likeness (QED) is 0.253. The number of rotatable bonds is 10. The van der Waals surface area contributed by atoms with Gasteiger partial charge in [0.15, 0.2) is 9.84 Å². The first-order chi connectivity index (χ1) is 21.5. The SMILES string of the molecule is CC1(C)C2CN(C(=O)[C@@H](NC(=O)NC3(C4CCCS4(=O)=O)CCCCC3)C(C)(C)C)[C@H](C(=O)NC(CCC(F)(F)F)C(=O)C(N)=O)C21. The van der Waals surface area contributed by atoms with Crippen LogP contribution in [0.3, 0.4) is 0 Å². The minimum absolute atomic E-state index is 0.0605. The maximum Gasteiger partial charge on any atom is 0.389 e. The van der Waals surface area contributed by atoms with Gasteiger partial charge >= 0.3 is 12.2 Å². The second kappa shape index (κ2) is 12.8. The molecule has 2 aliphatic heterocycles. The van der Waals surface area contributed by atoms with Crippen LogP contribution in [0, 0.1) is 22.7 Å². The third-order valence-electron chi connectivity index (χ3n) is 10.8. The van der Waals surface area contributed by atoms with Gasteiger partial charge in [0.1, 0.15) is 12.1 Å². The highest BCUT2D eigenvalue weighted by molar-refractivity contribution is 7.92. The molecular weight excluding hydrogens is 643 g/mol. The maximum absolute atomic E-state index is 14.3. The molecule has 0 radical (unpaired) electrons. The number of alkyl halides is 3. The number of Topliss-reactive ketones (excluding diaryl/α,β-unsaturated/α-hetero) is 1. The zero-order valence-electron chi connectivity index (χ0n) is 27.7. The molecule has 4 aliphatic rings. The Labute approximate surface area is 273 Å². The van der Waals surface area contributed by atoms with Gasteiger partial charge in [-0.25, -0.2) is 13.2 Å². The number of urea groups is 1. The topological polar surface area (TPSA) is 185 Å².